The summed E-state index contributed by atoms with van der Waals surface area (Å²) in [6.45, 7) is 9.18. The Morgan fingerprint density at radius 3 is 1.52 bits per heavy atom. The first kappa shape index (κ1) is 38.3. The number of hydrogen-bond acceptors (Lipinski definition) is 1. The lowest BCUT2D eigenvalue weighted by Crippen LogP contribution is -2.28. The third-order valence-corrected chi connectivity index (χ3v) is 14.1. The molecule has 13 rings (SSSR count). The van der Waals surface area contributed by atoms with E-state index in [4.69, 9.17) is 0 Å². The van der Waals surface area contributed by atoms with Crippen molar-refractivity contribution in [2.45, 2.75) is 5.41 Å². The maximum Gasteiger partial charge on any atom is 0.235 e. The molecule has 4 nitrogen and oxygen atoms in total. The average Bonchev–Trinajstić information content (AvgIpc) is 4.01. The van der Waals surface area contributed by atoms with E-state index in [2.05, 4.69) is 226 Å². The highest BCUT2D eigenvalue weighted by atomic mass is 15.1. The molecule has 310 valence electrons. The Morgan fingerprint density at radius 1 is 0.403 bits per heavy atom. The highest BCUT2D eigenvalue weighted by molar-refractivity contribution is 6.14. The van der Waals surface area contributed by atoms with Crippen LogP contribution in [0.25, 0.3) is 93.2 Å². The Balaban J connectivity index is 1.15. The largest absolute Gasteiger partial charge is 0.319 e. The van der Waals surface area contributed by atoms with Crippen LogP contribution in [0.15, 0.2) is 231 Å². The smallest absolute Gasteiger partial charge is 0.235 e. The number of para-hydroxylation sites is 1. The first-order valence-electron chi connectivity index (χ1n) is 22.6. The molecule has 0 amide bonds. The van der Waals surface area contributed by atoms with Crippen molar-refractivity contribution in [2.24, 2.45) is 0 Å². The Labute approximate surface area is 387 Å². The molecule has 2 aromatic heterocycles. The fourth-order valence-corrected chi connectivity index (χ4v) is 11.2. The molecule has 0 fully saturated rings. The summed E-state index contributed by atoms with van der Waals surface area (Å²) in [6.07, 6.45) is 0. The summed E-state index contributed by atoms with van der Waals surface area (Å²) >= 11 is 0. The van der Waals surface area contributed by atoms with Crippen molar-refractivity contribution in [2.75, 3.05) is 0 Å². The van der Waals surface area contributed by atoms with Crippen LogP contribution in [0.3, 0.4) is 0 Å². The minimum Gasteiger partial charge on any atom is -0.319 e. The molecule has 0 bridgehead atoms. The second-order valence-corrected chi connectivity index (χ2v) is 17.4. The van der Waals surface area contributed by atoms with Gasteiger partial charge in [0.05, 0.1) is 57.1 Å². The lowest BCUT2D eigenvalue weighted by Gasteiger charge is -2.34. The van der Waals surface area contributed by atoms with Crippen LogP contribution >= 0.6 is 0 Å². The van der Waals surface area contributed by atoms with Crippen molar-refractivity contribution < 1.29 is 0 Å². The molecule has 0 saturated heterocycles. The third-order valence-electron chi connectivity index (χ3n) is 14.1. The van der Waals surface area contributed by atoms with E-state index >= 15 is 0 Å². The predicted octanol–water partition coefficient (Wildman–Crippen LogP) is 16.0. The van der Waals surface area contributed by atoms with Gasteiger partial charge in [-0.2, -0.15) is 5.26 Å². The van der Waals surface area contributed by atoms with E-state index in [9.17, 15) is 11.8 Å². The van der Waals surface area contributed by atoms with Gasteiger partial charge in [0, 0.05) is 21.5 Å². The van der Waals surface area contributed by atoms with Gasteiger partial charge < -0.3 is 9.13 Å². The van der Waals surface area contributed by atoms with Gasteiger partial charge in [-0.1, -0.05) is 188 Å². The Morgan fingerprint density at radius 2 is 0.925 bits per heavy atom. The number of rotatable bonds is 6. The van der Waals surface area contributed by atoms with Crippen molar-refractivity contribution in [3.8, 4) is 50.8 Å². The summed E-state index contributed by atoms with van der Waals surface area (Å²) in [6, 6.07) is 84.1. The number of benzene rings is 10. The van der Waals surface area contributed by atoms with Gasteiger partial charge in [-0.05, 0) is 98.1 Å². The van der Waals surface area contributed by atoms with Crippen LogP contribution in [-0.2, 0) is 5.41 Å². The van der Waals surface area contributed by atoms with Crippen molar-refractivity contribution in [1.29, 1.82) is 5.26 Å². The molecular weight excluding hydrogens is 813 g/mol. The second-order valence-electron chi connectivity index (χ2n) is 17.4. The summed E-state index contributed by atoms with van der Waals surface area (Å²) < 4.78 is 4.45. The van der Waals surface area contributed by atoms with Crippen molar-refractivity contribution in [3.05, 3.63) is 270 Å². The maximum atomic E-state index is 11.1. The summed E-state index contributed by atoms with van der Waals surface area (Å²) in [5.74, 6) is 0. The molecule has 0 radical (unpaired) electrons. The van der Waals surface area contributed by atoms with Crippen LogP contribution in [0.5, 0.6) is 0 Å². The highest BCUT2D eigenvalue weighted by Crippen LogP contribution is 2.58. The molecule has 0 spiro atoms. The first-order valence-corrected chi connectivity index (χ1v) is 22.6. The number of fused-ring (bicyclic) bond motifs is 9. The number of aromatic nitrogens is 2. The van der Waals surface area contributed by atoms with Gasteiger partial charge in [0.25, 0.3) is 0 Å². The molecule has 1 aliphatic carbocycles. The zero-order valence-corrected chi connectivity index (χ0v) is 36.2. The third kappa shape index (κ3) is 5.51. The molecule has 10 aromatic carbocycles. The second kappa shape index (κ2) is 14.9. The fraction of sp³-hybridized carbons (Fsp3) is 0.0159. The fourth-order valence-electron chi connectivity index (χ4n) is 11.2. The van der Waals surface area contributed by atoms with Crippen LogP contribution in [0.4, 0.5) is 5.69 Å². The van der Waals surface area contributed by atoms with Crippen molar-refractivity contribution >= 4 is 49.3 Å². The van der Waals surface area contributed by atoms with Crippen LogP contribution < -0.4 is 0 Å². The van der Waals surface area contributed by atoms with Gasteiger partial charge in [0.15, 0.2) is 0 Å². The number of nitriles is 1. The molecule has 2 heterocycles. The van der Waals surface area contributed by atoms with Crippen molar-refractivity contribution in [1.82, 2.24) is 9.13 Å². The van der Waals surface area contributed by atoms with Gasteiger partial charge >= 0.3 is 0 Å². The van der Waals surface area contributed by atoms with E-state index in [0.29, 0.717) is 22.6 Å². The average molecular weight is 851 g/mol. The Kier molecular flexibility index (Phi) is 8.52. The number of hydrogen-bond donors (Lipinski definition) is 0. The highest BCUT2D eigenvalue weighted by Gasteiger charge is 2.46. The standard InChI is InChI=1S/C63H38N4/c1-65-61-57(35-32-45(40-64)62(61)67-58-36-43(41-18-6-2-7-19-41)30-33-50(58)51-34-31-44(37-59(51)67)42-20-8-3-9-21-42)66-56-29-17-15-27-49(56)53-38-52-48-26-14-16-28-54(48)63(55(52)39-60(53)66,46-22-10-4-11-23-46)47-24-12-5-13-25-47/h2-39H. The van der Waals surface area contributed by atoms with Gasteiger partial charge in [-0.15, -0.1) is 0 Å². The molecular formula is C63H38N4. The van der Waals surface area contributed by atoms with Crippen LogP contribution in [0.1, 0.15) is 27.8 Å². The summed E-state index contributed by atoms with van der Waals surface area (Å²) in [5.41, 5.74) is 16.8. The normalized spacial score (nSPS) is 12.6. The van der Waals surface area contributed by atoms with E-state index in [1.807, 2.05) is 24.3 Å². The van der Waals surface area contributed by atoms with Gasteiger partial charge in [0.2, 0.25) is 5.69 Å². The zero-order valence-electron chi connectivity index (χ0n) is 36.2. The van der Waals surface area contributed by atoms with E-state index in [1.165, 1.54) is 33.4 Å². The van der Waals surface area contributed by atoms with E-state index in [0.717, 1.165) is 65.9 Å². The quantitative estimate of drug-likeness (QED) is 0.154. The van der Waals surface area contributed by atoms with Gasteiger partial charge in [-0.3, -0.25) is 0 Å². The molecule has 0 atom stereocenters. The molecule has 12 aromatic rings. The van der Waals surface area contributed by atoms with E-state index in [1.54, 1.807) is 0 Å². The van der Waals surface area contributed by atoms with Crippen LogP contribution in [0, 0.1) is 17.9 Å². The van der Waals surface area contributed by atoms with E-state index < -0.39 is 5.41 Å². The zero-order chi connectivity index (χ0) is 44.6. The maximum absolute atomic E-state index is 11.1. The van der Waals surface area contributed by atoms with Crippen LogP contribution in [0.2, 0.25) is 0 Å². The Bertz CT molecular complexity index is 3900. The minimum absolute atomic E-state index is 0.400. The van der Waals surface area contributed by atoms with Crippen LogP contribution in [-0.4, -0.2) is 9.13 Å². The minimum atomic E-state index is -0.613. The summed E-state index contributed by atoms with van der Waals surface area (Å²) in [7, 11) is 0. The monoisotopic (exact) mass is 850 g/mol. The first-order chi connectivity index (χ1) is 33.2. The molecule has 1 aliphatic rings. The number of nitrogens with zero attached hydrogens (tertiary/aromatic N) is 4. The van der Waals surface area contributed by atoms with Crippen molar-refractivity contribution in [3.63, 3.8) is 0 Å². The molecule has 0 unspecified atom stereocenters. The van der Waals surface area contributed by atoms with Gasteiger partial charge in [0.1, 0.15) is 0 Å². The molecule has 0 N–H and O–H groups in total. The topological polar surface area (TPSA) is 38.0 Å². The molecule has 4 heteroatoms. The van der Waals surface area contributed by atoms with Gasteiger partial charge in [-0.25, -0.2) is 4.85 Å². The summed E-state index contributed by atoms with van der Waals surface area (Å²) in [4.78, 5) is 4.47. The SMILES string of the molecule is [C-]#[N+]c1c(-n2c3ccccc3c3cc4c(cc32)C(c2ccccc2)(c2ccccc2)c2ccccc2-4)ccc(C#N)c1-n1c2cc(-c3ccccc3)ccc2c2ccc(-c3ccccc3)cc21. The summed E-state index contributed by atoms with van der Waals surface area (Å²) in [5, 5.41) is 15.4. The predicted molar refractivity (Wildman–Crippen MR) is 274 cm³/mol. The molecule has 67 heavy (non-hydrogen) atoms. The lowest BCUT2D eigenvalue weighted by molar-refractivity contribution is 0.769. The molecule has 0 aliphatic heterocycles. The molecule has 0 saturated carbocycles. The Hall–Kier alpha value is -9.22. The lowest BCUT2D eigenvalue weighted by atomic mass is 9.67. The van der Waals surface area contributed by atoms with E-state index in [-0.39, 0.29) is 0 Å².